The lowest BCUT2D eigenvalue weighted by Gasteiger charge is -2.14. The summed E-state index contributed by atoms with van der Waals surface area (Å²) in [4.78, 5) is 4.79. The second kappa shape index (κ2) is 7.05. The number of rotatable bonds is 5. The van der Waals surface area contributed by atoms with Crippen molar-refractivity contribution >= 4 is 5.71 Å². The van der Waals surface area contributed by atoms with Crippen molar-refractivity contribution in [2.45, 2.75) is 38.8 Å². The SMILES string of the molecule is CC(N)CC(=NCc1ccccc1)C1=CCC=CC1. The van der Waals surface area contributed by atoms with E-state index in [1.807, 2.05) is 13.0 Å². The Morgan fingerprint density at radius 1 is 1.26 bits per heavy atom. The largest absolute Gasteiger partial charge is 0.328 e. The predicted octanol–water partition coefficient (Wildman–Crippen LogP) is 3.64. The van der Waals surface area contributed by atoms with E-state index in [-0.39, 0.29) is 6.04 Å². The quantitative estimate of drug-likeness (QED) is 0.632. The summed E-state index contributed by atoms with van der Waals surface area (Å²) in [5.41, 5.74) is 9.70. The first-order chi connectivity index (χ1) is 9.25. The van der Waals surface area contributed by atoms with Crippen LogP contribution in [0.3, 0.4) is 0 Å². The molecule has 2 rings (SSSR count). The van der Waals surface area contributed by atoms with E-state index in [0.717, 1.165) is 25.8 Å². The summed E-state index contributed by atoms with van der Waals surface area (Å²) in [7, 11) is 0. The van der Waals surface area contributed by atoms with Crippen LogP contribution in [-0.4, -0.2) is 11.8 Å². The van der Waals surface area contributed by atoms with Crippen molar-refractivity contribution in [3.05, 3.63) is 59.7 Å². The Kier molecular flexibility index (Phi) is 5.10. The first-order valence-corrected chi connectivity index (χ1v) is 6.93. The van der Waals surface area contributed by atoms with Crippen LogP contribution in [0.2, 0.25) is 0 Å². The van der Waals surface area contributed by atoms with E-state index in [9.17, 15) is 0 Å². The molecule has 2 heteroatoms. The van der Waals surface area contributed by atoms with Gasteiger partial charge >= 0.3 is 0 Å². The Hall–Kier alpha value is -1.67. The van der Waals surface area contributed by atoms with Crippen molar-refractivity contribution in [2.24, 2.45) is 10.7 Å². The fourth-order valence-electron chi connectivity index (χ4n) is 2.21. The molecule has 0 saturated carbocycles. The molecule has 0 fully saturated rings. The average Bonchev–Trinajstić information content (AvgIpc) is 2.45. The molecule has 0 radical (unpaired) electrons. The predicted molar refractivity (Wildman–Crippen MR) is 82.3 cm³/mol. The van der Waals surface area contributed by atoms with E-state index >= 15 is 0 Å². The fourth-order valence-corrected chi connectivity index (χ4v) is 2.21. The summed E-state index contributed by atoms with van der Waals surface area (Å²) in [5, 5.41) is 0. The first kappa shape index (κ1) is 13.8. The van der Waals surface area contributed by atoms with Crippen LogP contribution >= 0.6 is 0 Å². The van der Waals surface area contributed by atoms with Crippen molar-refractivity contribution in [3.63, 3.8) is 0 Å². The summed E-state index contributed by atoms with van der Waals surface area (Å²) in [6.07, 6.45) is 9.54. The van der Waals surface area contributed by atoms with E-state index in [0.29, 0.717) is 0 Å². The molecule has 1 aliphatic rings. The minimum atomic E-state index is 0.154. The van der Waals surface area contributed by atoms with Crippen molar-refractivity contribution in [1.82, 2.24) is 0 Å². The molecule has 1 unspecified atom stereocenters. The van der Waals surface area contributed by atoms with Crippen molar-refractivity contribution in [2.75, 3.05) is 0 Å². The van der Waals surface area contributed by atoms with Crippen molar-refractivity contribution in [3.8, 4) is 0 Å². The third-order valence-corrected chi connectivity index (χ3v) is 3.19. The lowest BCUT2D eigenvalue weighted by molar-refractivity contribution is 0.772. The van der Waals surface area contributed by atoms with E-state index in [1.165, 1.54) is 16.8 Å². The normalized spacial score (nSPS) is 17.2. The second-order valence-electron chi connectivity index (χ2n) is 5.07. The Morgan fingerprint density at radius 2 is 2.05 bits per heavy atom. The third kappa shape index (κ3) is 4.49. The molecular formula is C17H22N2. The molecule has 2 N–H and O–H groups in total. The standard InChI is InChI=1S/C17H22N2/c1-14(18)12-17(16-10-6-3-7-11-16)19-13-15-8-4-2-5-9-15/h2-6,8-9,11,14H,7,10,12-13,18H2,1H3. The van der Waals surface area contributed by atoms with E-state index < -0.39 is 0 Å². The molecule has 19 heavy (non-hydrogen) atoms. The monoisotopic (exact) mass is 254 g/mol. The molecule has 0 saturated heterocycles. The zero-order chi connectivity index (χ0) is 13.5. The number of aliphatic imine (C=N–C) groups is 1. The van der Waals surface area contributed by atoms with Gasteiger partial charge < -0.3 is 5.73 Å². The molecule has 100 valence electrons. The topological polar surface area (TPSA) is 38.4 Å². The van der Waals surface area contributed by atoms with E-state index in [2.05, 4.69) is 42.5 Å². The fraction of sp³-hybridized carbons (Fsp3) is 0.353. The maximum Gasteiger partial charge on any atom is 0.0643 e. The molecule has 0 aliphatic heterocycles. The number of nitrogens with two attached hydrogens (primary N) is 1. The Balaban J connectivity index is 2.10. The molecule has 1 aliphatic carbocycles. The smallest absolute Gasteiger partial charge is 0.0643 e. The highest BCUT2D eigenvalue weighted by Gasteiger charge is 2.10. The average molecular weight is 254 g/mol. The number of benzene rings is 1. The van der Waals surface area contributed by atoms with Crippen LogP contribution in [0.5, 0.6) is 0 Å². The summed E-state index contributed by atoms with van der Waals surface area (Å²) < 4.78 is 0. The maximum absolute atomic E-state index is 5.94. The zero-order valence-electron chi connectivity index (χ0n) is 11.5. The summed E-state index contributed by atoms with van der Waals surface area (Å²) in [5.74, 6) is 0. The highest BCUT2D eigenvalue weighted by Crippen LogP contribution is 2.16. The maximum atomic E-state index is 5.94. The Morgan fingerprint density at radius 3 is 2.68 bits per heavy atom. The van der Waals surface area contributed by atoms with Crippen LogP contribution in [-0.2, 0) is 6.54 Å². The van der Waals surface area contributed by atoms with Gasteiger partial charge in [-0.3, -0.25) is 4.99 Å². The summed E-state index contributed by atoms with van der Waals surface area (Å²) in [6, 6.07) is 10.5. The van der Waals surface area contributed by atoms with Gasteiger partial charge in [-0.05, 0) is 30.9 Å². The van der Waals surface area contributed by atoms with Gasteiger partial charge in [-0.25, -0.2) is 0 Å². The minimum absolute atomic E-state index is 0.154. The van der Waals surface area contributed by atoms with Crippen molar-refractivity contribution < 1.29 is 0 Å². The van der Waals surface area contributed by atoms with Crippen molar-refractivity contribution in [1.29, 1.82) is 0 Å². The van der Waals surface area contributed by atoms with Crippen LogP contribution < -0.4 is 5.73 Å². The molecule has 0 aromatic heterocycles. The van der Waals surface area contributed by atoms with Gasteiger partial charge in [-0.1, -0.05) is 48.6 Å². The van der Waals surface area contributed by atoms with Gasteiger partial charge in [-0.15, -0.1) is 0 Å². The van der Waals surface area contributed by atoms with Gasteiger partial charge in [0.25, 0.3) is 0 Å². The molecule has 0 spiro atoms. The minimum Gasteiger partial charge on any atom is -0.328 e. The van der Waals surface area contributed by atoms with Crippen LogP contribution in [0.15, 0.2) is 59.1 Å². The zero-order valence-corrected chi connectivity index (χ0v) is 11.5. The molecule has 0 bridgehead atoms. The third-order valence-electron chi connectivity index (χ3n) is 3.19. The molecular weight excluding hydrogens is 232 g/mol. The number of nitrogens with zero attached hydrogens (tertiary/aromatic N) is 1. The highest BCUT2D eigenvalue weighted by molar-refractivity contribution is 6.00. The highest BCUT2D eigenvalue weighted by atomic mass is 14.7. The molecule has 0 heterocycles. The van der Waals surface area contributed by atoms with Gasteiger partial charge in [0.15, 0.2) is 0 Å². The van der Waals surface area contributed by atoms with E-state index in [1.54, 1.807) is 0 Å². The Labute approximate surface area is 115 Å². The molecule has 1 atom stereocenters. The number of hydrogen-bond donors (Lipinski definition) is 1. The molecule has 0 amide bonds. The lowest BCUT2D eigenvalue weighted by Crippen LogP contribution is -2.21. The first-order valence-electron chi connectivity index (χ1n) is 6.93. The van der Waals surface area contributed by atoms with E-state index in [4.69, 9.17) is 10.7 Å². The number of hydrogen-bond acceptors (Lipinski definition) is 2. The van der Waals surface area contributed by atoms with Gasteiger partial charge in [0.2, 0.25) is 0 Å². The molecule has 1 aromatic rings. The number of allylic oxidation sites excluding steroid dienone is 4. The van der Waals surface area contributed by atoms with Gasteiger partial charge in [0, 0.05) is 18.2 Å². The lowest BCUT2D eigenvalue weighted by atomic mass is 9.97. The van der Waals surface area contributed by atoms with Crippen LogP contribution in [0.1, 0.15) is 31.7 Å². The van der Waals surface area contributed by atoms with Crippen LogP contribution in [0.4, 0.5) is 0 Å². The molecule has 2 nitrogen and oxygen atoms in total. The Bertz CT molecular complexity index is 481. The summed E-state index contributed by atoms with van der Waals surface area (Å²) >= 11 is 0. The molecule has 1 aromatic carbocycles. The second-order valence-corrected chi connectivity index (χ2v) is 5.07. The van der Waals surface area contributed by atoms with Gasteiger partial charge in [0.1, 0.15) is 0 Å². The van der Waals surface area contributed by atoms with Gasteiger partial charge in [-0.2, -0.15) is 0 Å². The van der Waals surface area contributed by atoms with Gasteiger partial charge in [0.05, 0.1) is 6.54 Å². The van der Waals surface area contributed by atoms with Crippen LogP contribution in [0.25, 0.3) is 0 Å². The van der Waals surface area contributed by atoms with Crippen LogP contribution in [0, 0.1) is 0 Å². The summed E-state index contributed by atoms with van der Waals surface area (Å²) in [6.45, 7) is 2.78.